The summed E-state index contributed by atoms with van der Waals surface area (Å²) in [5, 5.41) is 7.35. The van der Waals surface area contributed by atoms with Gasteiger partial charge in [0.15, 0.2) is 5.82 Å². The molecule has 1 unspecified atom stereocenters. The normalized spacial score (nSPS) is 20.2. The zero-order valence-electron chi connectivity index (χ0n) is 10.3. The number of ether oxygens (including phenoxy) is 1. The van der Waals surface area contributed by atoms with Crippen LogP contribution in [-0.4, -0.2) is 54.4 Å². The summed E-state index contributed by atoms with van der Waals surface area (Å²) in [4.78, 5) is 6.36. The third kappa shape index (κ3) is 4.07. The summed E-state index contributed by atoms with van der Waals surface area (Å²) in [5.74, 6) is 0.735. The van der Waals surface area contributed by atoms with Gasteiger partial charge in [-0.25, -0.2) is 0 Å². The molecule has 0 amide bonds. The van der Waals surface area contributed by atoms with Crippen molar-refractivity contribution in [3.8, 4) is 0 Å². The molecular weight excluding hydrogens is 220 g/mol. The van der Waals surface area contributed by atoms with E-state index in [1.54, 1.807) is 7.11 Å². The van der Waals surface area contributed by atoms with Gasteiger partial charge in [-0.1, -0.05) is 5.16 Å². The van der Waals surface area contributed by atoms with Crippen LogP contribution in [0, 0.1) is 0 Å². The van der Waals surface area contributed by atoms with Crippen molar-refractivity contribution in [3.05, 3.63) is 12.2 Å². The lowest BCUT2D eigenvalue weighted by molar-refractivity contribution is 0.135. The zero-order chi connectivity index (χ0) is 11.9. The minimum absolute atomic E-state index is 0.582. The molecule has 0 aromatic carbocycles. The van der Waals surface area contributed by atoms with E-state index in [-0.39, 0.29) is 0 Å². The standard InChI is InChI=1S/C11H20N4O2/c1-16-6-5-15(7-10-3-2-4-12-10)8-11-13-9-17-14-11/h9-10,12H,2-8H2,1H3. The Balaban J connectivity index is 1.83. The second-order valence-corrected chi connectivity index (χ2v) is 4.37. The fraction of sp³-hybridized carbons (Fsp3) is 0.818. The average Bonchev–Trinajstić information content (AvgIpc) is 2.99. The van der Waals surface area contributed by atoms with Crippen molar-refractivity contribution in [3.63, 3.8) is 0 Å². The Labute approximate surface area is 101 Å². The van der Waals surface area contributed by atoms with Gasteiger partial charge in [-0.2, -0.15) is 4.98 Å². The number of nitrogens with one attached hydrogen (secondary N) is 1. The largest absolute Gasteiger partial charge is 0.383 e. The Morgan fingerprint density at radius 2 is 2.59 bits per heavy atom. The lowest BCUT2D eigenvalue weighted by atomic mass is 10.2. The molecule has 1 saturated heterocycles. The molecule has 2 heterocycles. The molecule has 0 radical (unpaired) electrons. The lowest BCUT2D eigenvalue weighted by Gasteiger charge is -2.23. The van der Waals surface area contributed by atoms with E-state index in [9.17, 15) is 0 Å². The summed E-state index contributed by atoms with van der Waals surface area (Å²) < 4.78 is 9.88. The van der Waals surface area contributed by atoms with Crippen molar-refractivity contribution in [2.75, 3.05) is 33.4 Å². The van der Waals surface area contributed by atoms with E-state index >= 15 is 0 Å². The fourth-order valence-electron chi connectivity index (χ4n) is 2.14. The van der Waals surface area contributed by atoms with Crippen LogP contribution in [0.15, 0.2) is 10.9 Å². The third-order valence-corrected chi connectivity index (χ3v) is 3.02. The van der Waals surface area contributed by atoms with Gasteiger partial charge in [0, 0.05) is 26.2 Å². The van der Waals surface area contributed by atoms with E-state index in [1.165, 1.54) is 19.2 Å². The molecule has 2 rings (SSSR count). The van der Waals surface area contributed by atoms with E-state index in [4.69, 9.17) is 9.26 Å². The van der Waals surface area contributed by atoms with Crippen molar-refractivity contribution in [2.24, 2.45) is 0 Å². The van der Waals surface area contributed by atoms with Crippen LogP contribution >= 0.6 is 0 Å². The van der Waals surface area contributed by atoms with Crippen molar-refractivity contribution in [2.45, 2.75) is 25.4 Å². The van der Waals surface area contributed by atoms with Gasteiger partial charge in [0.05, 0.1) is 13.2 Å². The van der Waals surface area contributed by atoms with E-state index in [2.05, 4.69) is 20.4 Å². The van der Waals surface area contributed by atoms with E-state index < -0.39 is 0 Å². The Hall–Kier alpha value is -0.980. The van der Waals surface area contributed by atoms with Gasteiger partial charge in [0.25, 0.3) is 0 Å². The predicted molar refractivity (Wildman–Crippen MR) is 62.5 cm³/mol. The summed E-state index contributed by atoms with van der Waals surface area (Å²) in [7, 11) is 1.72. The molecule has 6 heteroatoms. The molecule has 1 aromatic rings. The third-order valence-electron chi connectivity index (χ3n) is 3.02. The first-order valence-electron chi connectivity index (χ1n) is 6.08. The molecule has 0 aliphatic carbocycles. The van der Waals surface area contributed by atoms with Crippen molar-refractivity contribution < 1.29 is 9.26 Å². The summed E-state index contributed by atoms with van der Waals surface area (Å²) in [6.45, 7) is 4.48. The van der Waals surface area contributed by atoms with Crippen LogP contribution in [-0.2, 0) is 11.3 Å². The topological polar surface area (TPSA) is 63.4 Å². The molecular formula is C11H20N4O2. The minimum Gasteiger partial charge on any atom is -0.383 e. The minimum atomic E-state index is 0.582. The number of hydrogen-bond acceptors (Lipinski definition) is 6. The monoisotopic (exact) mass is 240 g/mol. The highest BCUT2D eigenvalue weighted by Gasteiger charge is 2.18. The first-order chi connectivity index (χ1) is 8.38. The maximum absolute atomic E-state index is 5.13. The maximum Gasteiger partial charge on any atom is 0.213 e. The molecule has 1 aliphatic heterocycles. The number of rotatable bonds is 7. The summed E-state index contributed by atoms with van der Waals surface area (Å²) >= 11 is 0. The zero-order valence-corrected chi connectivity index (χ0v) is 10.3. The second kappa shape index (κ2) is 6.68. The van der Waals surface area contributed by atoms with Crippen LogP contribution in [0.5, 0.6) is 0 Å². The Morgan fingerprint density at radius 1 is 1.65 bits per heavy atom. The van der Waals surface area contributed by atoms with Crippen molar-refractivity contribution in [1.82, 2.24) is 20.4 Å². The molecule has 0 spiro atoms. The number of methoxy groups -OCH3 is 1. The van der Waals surface area contributed by atoms with Gasteiger partial charge in [-0.15, -0.1) is 0 Å². The first-order valence-corrected chi connectivity index (χ1v) is 6.08. The Morgan fingerprint density at radius 3 is 3.24 bits per heavy atom. The van der Waals surface area contributed by atoms with Crippen molar-refractivity contribution >= 4 is 0 Å². The fourth-order valence-corrected chi connectivity index (χ4v) is 2.14. The van der Waals surface area contributed by atoms with Crippen LogP contribution < -0.4 is 5.32 Å². The molecule has 1 aliphatic rings. The molecule has 17 heavy (non-hydrogen) atoms. The average molecular weight is 240 g/mol. The van der Waals surface area contributed by atoms with E-state index in [1.807, 2.05) is 0 Å². The highest BCUT2D eigenvalue weighted by molar-refractivity contribution is 4.82. The van der Waals surface area contributed by atoms with Gasteiger partial charge in [0.2, 0.25) is 6.39 Å². The summed E-state index contributed by atoms with van der Waals surface area (Å²) in [6.07, 6.45) is 3.89. The number of aromatic nitrogens is 2. The molecule has 1 atom stereocenters. The van der Waals surface area contributed by atoms with Crippen LogP contribution in [0.3, 0.4) is 0 Å². The van der Waals surface area contributed by atoms with Crippen LogP contribution in [0.2, 0.25) is 0 Å². The Bertz CT molecular complexity index is 298. The van der Waals surface area contributed by atoms with Gasteiger partial charge in [-0.05, 0) is 19.4 Å². The number of hydrogen-bond donors (Lipinski definition) is 1. The first kappa shape index (κ1) is 12.5. The SMILES string of the molecule is COCCN(Cc1ncon1)CC1CCCN1. The molecule has 1 fully saturated rings. The molecule has 0 bridgehead atoms. The smallest absolute Gasteiger partial charge is 0.213 e. The maximum atomic E-state index is 5.13. The van der Waals surface area contributed by atoms with Crippen LogP contribution in [0.25, 0.3) is 0 Å². The van der Waals surface area contributed by atoms with E-state index in [0.717, 1.165) is 38.6 Å². The molecule has 0 saturated carbocycles. The summed E-state index contributed by atoms with van der Waals surface area (Å²) in [6, 6.07) is 0.582. The van der Waals surface area contributed by atoms with Gasteiger partial charge in [0.1, 0.15) is 0 Å². The van der Waals surface area contributed by atoms with Crippen molar-refractivity contribution in [1.29, 1.82) is 0 Å². The van der Waals surface area contributed by atoms with Gasteiger partial charge >= 0.3 is 0 Å². The predicted octanol–water partition coefficient (Wildman–Crippen LogP) is 0.270. The highest BCUT2D eigenvalue weighted by Crippen LogP contribution is 2.08. The molecule has 1 N–H and O–H groups in total. The van der Waals surface area contributed by atoms with Crippen LogP contribution in [0.4, 0.5) is 0 Å². The van der Waals surface area contributed by atoms with Gasteiger partial charge in [-0.3, -0.25) is 4.90 Å². The number of nitrogens with zero attached hydrogens (tertiary/aromatic N) is 3. The highest BCUT2D eigenvalue weighted by atomic mass is 16.5. The molecule has 96 valence electrons. The molecule has 6 nitrogen and oxygen atoms in total. The lowest BCUT2D eigenvalue weighted by Crippen LogP contribution is -2.39. The Kier molecular flexibility index (Phi) is 4.90. The van der Waals surface area contributed by atoms with Gasteiger partial charge < -0.3 is 14.6 Å². The summed E-state index contributed by atoms with van der Waals surface area (Å²) in [5.41, 5.74) is 0. The molecule has 1 aromatic heterocycles. The van der Waals surface area contributed by atoms with Crippen LogP contribution in [0.1, 0.15) is 18.7 Å². The second-order valence-electron chi connectivity index (χ2n) is 4.37. The quantitative estimate of drug-likeness (QED) is 0.738. The van der Waals surface area contributed by atoms with E-state index in [0.29, 0.717) is 6.04 Å².